The van der Waals surface area contributed by atoms with Crippen molar-refractivity contribution in [3.05, 3.63) is 41.8 Å². The fraction of sp³-hybridized carbons (Fsp3) is 0.500. The van der Waals surface area contributed by atoms with Crippen molar-refractivity contribution in [3.63, 3.8) is 0 Å². The van der Waals surface area contributed by atoms with E-state index in [1.165, 1.54) is 0 Å². The van der Waals surface area contributed by atoms with Gasteiger partial charge in [0.25, 0.3) is 0 Å². The number of hydrogen-bond donors (Lipinski definition) is 2. The molecule has 1 aliphatic heterocycles. The van der Waals surface area contributed by atoms with Gasteiger partial charge in [0.15, 0.2) is 5.82 Å². The molecule has 3 aromatic rings. The molecular weight excluding hydrogens is 356 g/mol. The second-order valence-corrected chi connectivity index (χ2v) is 7.30. The van der Waals surface area contributed by atoms with Gasteiger partial charge in [-0.3, -0.25) is 0 Å². The number of rotatable bonds is 6. The van der Waals surface area contributed by atoms with E-state index in [0.717, 1.165) is 55.6 Å². The van der Waals surface area contributed by atoms with E-state index in [2.05, 4.69) is 25.4 Å². The summed E-state index contributed by atoms with van der Waals surface area (Å²) in [5.41, 5.74) is 2.06. The Bertz CT molecular complexity index is 901. The summed E-state index contributed by atoms with van der Waals surface area (Å²) in [5.74, 6) is 2.69. The van der Waals surface area contributed by atoms with Gasteiger partial charge in [-0.2, -0.15) is 4.98 Å². The van der Waals surface area contributed by atoms with Crippen molar-refractivity contribution < 1.29 is 9.32 Å². The van der Waals surface area contributed by atoms with Crippen LogP contribution in [0.4, 0.5) is 4.79 Å². The van der Waals surface area contributed by atoms with Crippen LogP contribution in [0.25, 0.3) is 11.0 Å². The van der Waals surface area contributed by atoms with Gasteiger partial charge < -0.3 is 19.7 Å². The largest absolute Gasteiger partial charge is 0.342 e. The zero-order valence-corrected chi connectivity index (χ0v) is 16.1. The summed E-state index contributed by atoms with van der Waals surface area (Å²) in [7, 11) is 0. The van der Waals surface area contributed by atoms with Crippen LogP contribution in [-0.2, 0) is 19.3 Å². The molecule has 148 valence electrons. The molecule has 0 radical (unpaired) electrons. The molecule has 8 heteroatoms. The molecule has 0 spiro atoms. The normalized spacial score (nSPS) is 17.2. The maximum absolute atomic E-state index is 12.5. The maximum Gasteiger partial charge on any atom is 0.317 e. The molecule has 0 unspecified atom stereocenters. The molecule has 0 saturated carbocycles. The molecular formula is C20H26N6O2. The number of urea groups is 1. The van der Waals surface area contributed by atoms with Crippen molar-refractivity contribution in [2.45, 2.75) is 39.0 Å². The fourth-order valence-electron chi connectivity index (χ4n) is 3.72. The van der Waals surface area contributed by atoms with E-state index < -0.39 is 0 Å². The molecule has 0 aliphatic carbocycles. The Morgan fingerprint density at radius 2 is 2.25 bits per heavy atom. The monoisotopic (exact) mass is 382 g/mol. The first-order chi connectivity index (χ1) is 13.7. The molecule has 28 heavy (non-hydrogen) atoms. The molecule has 1 aromatic carbocycles. The minimum absolute atomic E-state index is 0.0199. The van der Waals surface area contributed by atoms with Crippen molar-refractivity contribution in [1.29, 1.82) is 0 Å². The summed E-state index contributed by atoms with van der Waals surface area (Å²) in [5, 5.41) is 6.89. The molecule has 3 heterocycles. The molecule has 1 atom stereocenters. The van der Waals surface area contributed by atoms with Crippen molar-refractivity contribution in [1.82, 2.24) is 30.3 Å². The van der Waals surface area contributed by atoms with Crippen molar-refractivity contribution in [2.75, 3.05) is 19.6 Å². The van der Waals surface area contributed by atoms with E-state index in [4.69, 9.17) is 4.52 Å². The Morgan fingerprint density at radius 1 is 1.36 bits per heavy atom. The molecule has 2 amide bonds. The van der Waals surface area contributed by atoms with Gasteiger partial charge in [0.05, 0.1) is 11.0 Å². The lowest BCUT2D eigenvalue weighted by Crippen LogP contribution is -2.46. The number of nitrogens with one attached hydrogen (secondary N) is 2. The van der Waals surface area contributed by atoms with Gasteiger partial charge in [0.2, 0.25) is 5.89 Å². The van der Waals surface area contributed by atoms with Gasteiger partial charge in [0, 0.05) is 38.9 Å². The molecule has 1 fully saturated rings. The highest BCUT2D eigenvalue weighted by molar-refractivity contribution is 5.75. The van der Waals surface area contributed by atoms with Crippen molar-refractivity contribution in [2.24, 2.45) is 5.92 Å². The number of amides is 2. The minimum Gasteiger partial charge on any atom is -0.342 e. The second kappa shape index (κ2) is 8.41. The first-order valence-electron chi connectivity index (χ1n) is 9.99. The molecule has 2 N–H and O–H groups in total. The maximum atomic E-state index is 12.5. The lowest BCUT2D eigenvalue weighted by molar-refractivity contribution is 0.165. The van der Waals surface area contributed by atoms with Gasteiger partial charge in [-0.1, -0.05) is 24.2 Å². The number of carbonyl (C=O) groups is 1. The summed E-state index contributed by atoms with van der Waals surface area (Å²) in [4.78, 5) is 26.7. The highest BCUT2D eigenvalue weighted by Crippen LogP contribution is 2.21. The molecule has 1 aliphatic rings. The summed E-state index contributed by atoms with van der Waals surface area (Å²) >= 11 is 0. The fourth-order valence-corrected chi connectivity index (χ4v) is 3.72. The summed E-state index contributed by atoms with van der Waals surface area (Å²) in [6, 6.07) is 8.04. The van der Waals surface area contributed by atoms with Crippen LogP contribution < -0.4 is 5.32 Å². The standard InChI is InChI=1S/C20H26N6O2/c1-2-19-24-17(25-28-19)9-10-21-20(27)26-11-5-6-14(13-26)12-18-22-15-7-3-4-8-16(15)23-18/h3-4,7-8,14H,2,5-6,9-13H2,1H3,(H,21,27)(H,22,23)/t14-/m1/s1. The third-order valence-electron chi connectivity index (χ3n) is 5.16. The summed E-state index contributed by atoms with van der Waals surface area (Å²) in [6.45, 7) is 4.03. The van der Waals surface area contributed by atoms with Gasteiger partial charge in [0.1, 0.15) is 5.82 Å². The van der Waals surface area contributed by atoms with Crippen molar-refractivity contribution in [3.8, 4) is 0 Å². The first-order valence-corrected chi connectivity index (χ1v) is 9.99. The van der Waals surface area contributed by atoms with Crippen LogP contribution >= 0.6 is 0 Å². The SMILES string of the molecule is CCc1nc(CCNC(=O)N2CCC[C@H](Cc3nc4ccccc4[nH]3)C2)no1. The van der Waals surface area contributed by atoms with Crippen LogP contribution in [0.2, 0.25) is 0 Å². The number of aromatic nitrogens is 4. The smallest absolute Gasteiger partial charge is 0.317 e. The predicted molar refractivity (Wildman–Crippen MR) is 105 cm³/mol. The van der Waals surface area contributed by atoms with Crippen LogP contribution in [0.15, 0.2) is 28.8 Å². The number of hydrogen-bond acceptors (Lipinski definition) is 5. The first kappa shape index (κ1) is 18.5. The van der Waals surface area contributed by atoms with Crippen LogP contribution in [-0.4, -0.2) is 50.7 Å². The van der Waals surface area contributed by atoms with E-state index in [-0.39, 0.29) is 6.03 Å². The zero-order chi connectivity index (χ0) is 19.3. The number of H-pyrrole nitrogens is 1. The second-order valence-electron chi connectivity index (χ2n) is 7.30. The van der Waals surface area contributed by atoms with Gasteiger partial charge in [-0.25, -0.2) is 9.78 Å². The Morgan fingerprint density at radius 3 is 3.07 bits per heavy atom. The van der Waals surface area contributed by atoms with Gasteiger partial charge >= 0.3 is 6.03 Å². The quantitative estimate of drug-likeness (QED) is 0.683. The summed E-state index contributed by atoms with van der Waals surface area (Å²) < 4.78 is 5.09. The number of carbonyl (C=O) groups excluding carboxylic acids is 1. The van der Waals surface area contributed by atoms with Crippen molar-refractivity contribution >= 4 is 17.1 Å². The average Bonchev–Trinajstić information content (AvgIpc) is 3.34. The highest BCUT2D eigenvalue weighted by Gasteiger charge is 2.24. The number of fused-ring (bicyclic) bond motifs is 1. The number of aryl methyl sites for hydroxylation is 1. The number of imidazole rings is 1. The Hall–Kier alpha value is -2.90. The third kappa shape index (κ3) is 4.32. The molecule has 1 saturated heterocycles. The van der Waals surface area contributed by atoms with E-state index in [0.29, 0.717) is 30.6 Å². The number of benzene rings is 1. The van der Waals surface area contributed by atoms with E-state index in [9.17, 15) is 4.79 Å². The third-order valence-corrected chi connectivity index (χ3v) is 5.16. The summed E-state index contributed by atoms with van der Waals surface area (Å²) in [6.07, 6.45) is 4.29. The van der Waals surface area contributed by atoms with E-state index >= 15 is 0 Å². The predicted octanol–water partition coefficient (Wildman–Crippen LogP) is 2.72. The van der Waals surface area contributed by atoms with E-state index in [1.807, 2.05) is 36.1 Å². The number of likely N-dealkylation sites (tertiary alicyclic amines) is 1. The molecule has 8 nitrogen and oxygen atoms in total. The minimum atomic E-state index is -0.0199. The highest BCUT2D eigenvalue weighted by atomic mass is 16.5. The lowest BCUT2D eigenvalue weighted by atomic mass is 9.95. The van der Waals surface area contributed by atoms with Crippen LogP contribution in [0.3, 0.4) is 0 Å². The number of nitrogens with zero attached hydrogens (tertiary/aromatic N) is 4. The van der Waals surface area contributed by atoms with Crippen LogP contribution in [0.1, 0.15) is 37.3 Å². The molecule has 2 aromatic heterocycles. The topological polar surface area (TPSA) is 99.9 Å². The lowest BCUT2D eigenvalue weighted by Gasteiger charge is -2.32. The number of para-hydroxylation sites is 2. The number of aromatic amines is 1. The Labute approximate surface area is 163 Å². The molecule has 4 rings (SSSR count). The van der Waals surface area contributed by atoms with E-state index in [1.54, 1.807) is 0 Å². The Kier molecular flexibility index (Phi) is 5.55. The van der Waals surface area contributed by atoms with Crippen LogP contribution in [0, 0.1) is 5.92 Å². The van der Waals surface area contributed by atoms with Gasteiger partial charge in [-0.05, 0) is 30.9 Å². The van der Waals surface area contributed by atoms with Crippen LogP contribution in [0.5, 0.6) is 0 Å². The average molecular weight is 382 g/mol. The number of piperidine rings is 1. The van der Waals surface area contributed by atoms with Gasteiger partial charge in [-0.15, -0.1) is 0 Å². The molecule has 0 bridgehead atoms. The Balaban J connectivity index is 1.27. The zero-order valence-electron chi connectivity index (χ0n) is 16.1.